The number of hydrogen-bond acceptors (Lipinski definition) is 3. The number of ether oxygens (including phenoxy) is 2. The van der Waals surface area contributed by atoms with E-state index in [0.717, 1.165) is 33.8 Å². The average Bonchev–Trinajstić information content (AvgIpc) is 2.83. The first-order valence-electron chi connectivity index (χ1n) is 11.5. The largest absolute Gasteiger partial charge is 0.494 e. The maximum absolute atomic E-state index is 13.5. The lowest BCUT2D eigenvalue weighted by Crippen LogP contribution is -2.35. The summed E-state index contributed by atoms with van der Waals surface area (Å²) in [5.74, 6) is 1.60. The zero-order chi connectivity index (χ0) is 23.6. The summed E-state index contributed by atoms with van der Waals surface area (Å²) in [5.41, 5.74) is 3.89. The molecule has 0 fully saturated rings. The number of hydrogen-bond donors (Lipinski definition) is 0. The van der Waals surface area contributed by atoms with E-state index < -0.39 is 0 Å². The highest BCUT2D eigenvalue weighted by atomic mass is 16.5. The van der Waals surface area contributed by atoms with Gasteiger partial charge in [0.2, 0.25) is 5.91 Å². The minimum atomic E-state index is -0.0216. The fraction of sp³-hybridized carbons (Fsp3) is 0.276. The van der Waals surface area contributed by atoms with Crippen LogP contribution in [-0.4, -0.2) is 30.1 Å². The highest BCUT2D eigenvalue weighted by Crippen LogP contribution is 2.28. The van der Waals surface area contributed by atoms with Crippen molar-refractivity contribution in [1.29, 1.82) is 0 Å². The summed E-state index contributed by atoms with van der Waals surface area (Å²) in [7, 11) is 0. The van der Waals surface area contributed by atoms with Gasteiger partial charge in [0.15, 0.2) is 0 Å². The Hall–Kier alpha value is -3.53. The van der Waals surface area contributed by atoms with Gasteiger partial charge in [-0.05, 0) is 74.2 Å². The summed E-state index contributed by atoms with van der Waals surface area (Å²) >= 11 is 0. The number of carbonyl (C=O) groups is 1. The molecule has 0 saturated heterocycles. The fourth-order valence-corrected chi connectivity index (χ4v) is 3.63. The smallest absolute Gasteiger partial charge is 0.247 e. The molecule has 3 aromatic carbocycles. The SMILES string of the molecule is CCOc1ccc(C(=CC(=O)N(Cc2ccccc2)C(C)C)c2ccc(OCC)cc2)cc1. The summed E-state index contributed by atoms with van der Waals surface area (Å²) < 4.78 is 11.2. The first-order chi connectivity index (χ1) is 16.0. The second-order valence-corrected chi connectivity index (χ2v) is 8.02. The molecule has 0 radical (unpaired) electrons. The molecule has 0 aliphatic rings. The lowest BCUT2D eigenvalue weighted by atomic mass is 9.97. The number of carbonyl (C=O) groups excluding carboxylic acids is 1. The van der Waals surface area contributed by atoms with Crippen molar-refractivity contribution < 1.29 is 14.3 Å². The average molecular weight is 444 g/mol. The van der Waals surface area contributed by atoms with Gasteiger partial charge >= 0.3 is 0 Å². The Morgan fingerprint density at radius 1 is 0.788 bits per heavy atom. The molecule has 0 spiro atoms. The molecule has 33 heavy (non-hydrogen) atoms. The molecule has 0 aliphatic carbocycles. The number of nitrogens with zero attached hydrogens (tertiary/aromatic N) is 1. The van der Waals surface area contributed by atoms with E-state index in [0.29, 0.717) is 19.8 Å². The minimum absolute atomic E-state index is 0.0216. The molecule has 0 aromatic heterocycles. The third-order valence-electron chi connectivity index (χ3n) is 5.32. The quantitative estimate of drug-likeness (QED) is 0.343. The highest BCUT2D eigenvalue weighted by molar-refractivity contribution is 5.99. The maximum atomic E-state index is 13.5. The van der Waals surface area contributed by atoms with Crippen molar-refractivity contribution >= 4 is 11.5 Å². The van der Waals surface area contributed by atoms with Crippen LogP contribution in [0.4, 0.5) is 0 Å². The second kappa shape index (κ2) is 11.9. The Bertz CT molecular complexity index is 987. The number of benzene rings is 3. The van der Waals surface area contributed by atoms with Gasteiger partial charge in [0.1, 0.15) is 11.5 Å². The summed E-state index contributed by atoms with van der Waals surface area (Å²) in [6.07, 6.45) is 1.74. The zero-order valence-corrected chi connectivity index (χ0v) is 20.0. The molecule has 1 amide bonds. The molecular formula is C29H33NO3. The van der Waals surface area contributed by atoms with Crippen LogP contribution in [0.5, 0.6) is 11.5 Å². The van der Waals surface area contributed by atoms with E-state index >= 15 is 0 Å². The van der Waals surface area contributed by atoms with E-state index in [2.05, 4.69) is 0 Å². The van der Waals surface area contributed by atoms with Gasteiger partial charge in [-0.25, -0.2) is 0 Å². The van der Waals surface area contributed by atoms with Crippen LogP contribution in [0.2, 0.25) is 0 Å². The molecule has 0 bridgehead atoms. The molecule has 4 nitrogen and oxygen atoms in total. The van der Waals surface area contributed by atoms with Crippen molar-refractivity contribution in [3.8, 4) is 11.5 Å². The number of rotatable bonds is 10. The Kier molecular flexibility index (Phi) is 8.71. The van der Waals surface area contributed by atoms with Gasteiger partial charge in [-0.15, -0.1) is 0 Å². The van der Waals surface area contributed by atoms with Gasteiger partial charge in [-0.2, -0.15) is 0 Å². The van der Waals surface area contributed by atoms with E-state index in [-0.39, 0.29) is 11.9 Å². The highest BCUT2D eigenvalue weighted by Gasteiger charge is 2.18. The lowest BCUT2D eigenvalue weighted by Gasteiger charge is -2.26. The molecule has 3 aromatic rings. The van der Waals surface area contributed by atoms with Crippen LogP contribution in [0.15, 0.2) is 84.9 Å². The molecule has 0 atom stereocenters. The summed E-state index contributed by atoms with van der Waals surface area (Å²) in [6.45, 7) is 9.80. The molecule has 0 aliphatic heterocycles. The first kappa shape index (κ1) is 24.1. The van der Waals surface area contributed by atoms with Gasteiger partial charge in [-0.1, -0.05) is 54.6 Å². The van der Waals surface area contributed by atoms with Crippen LogP contribution in [0.3, 0.4) is 0 Å². The molecule has 4 heteroatoms. The molecule has 0 N–H and O–H groups in total. The standard InChI is InChI=1S/C29H33NO3/c1-5-32-26-16-12-24(13-17-26)28(25-14-18-27(19-15-25)33-6-2)20-29(31)30(22(3)4)21-23-10-8-7-9-11-23/h7-20,22H,5-6,21H2,1-4H3. The molecule has 0 heterocycles. The second-order valence-electron chi connectivity index (χ2n) is 8.02. The minimum Gasteiger partial charge on any atom is -0.494 e. The third kappa shape index (κ3) is 6.72. The lowest BCUT2D eigenvalue weighted by molar-refractivity contribution is -0.128. The van der Waals surface area contributed by atoms with Crippen molar-refractivity contribution in [2.45, 2.75) is 40.3 Å². The van der Waals surface area contributed by atoms with Crippen LogP contribution in [-0.2, 0) is 11.3 Å². The van der Waals surface area contributed by atoms with Gasteiger partial charge in [0.25, 0.3) is 0 Å². The third-order valence-corrected chi connectivity index (χ3v) is 5.32. The zero-order valence-electron chi connectivity index (χ0n) is 20.0. The Morgan fingerprint density at radius 3 is 1.70 bits per heavy atom. The maximum Gasteiger partial charge on any atom is 0.247 e. The van der Waals surface area contributed by atoms with Gasteiger partial charge in [0.05, 0.1) is 13.2 Å². The molecule has 0 unspecified atom stereocenters. The van der Waals surface area contributed by atoms with Crippen molar-refractivity contribution in [2.75, 3.05) is 13.2 Å². The Labute approximate surface area is 197 Å². The van der Waals surface area contributed by atoms with E-state index in [9.17, 15) is 4.79 Å². The predicted octanol–water partition coefficient (Wildman–Crippen LogP) is 6.35. The van der Waals surface area contributed by atoms with Crippen LogP contribution >= 0.6 is 0 Å². The Morgan fingerprint density at radius 2 is 1.27 bits per heavy atom. The van der Waals surface area contributed by atoms with Crippen molar-refractivity contribution in [3.63, 3.8) is 0 Å². The first-order valence-corrected chi connectivity index (χ1v) is 11.5. The summed E-state index contributed by atoms with van der Waals surface area (Å²) in [4.78, 5) is 15.4. The van der Waals surface area contributed by atoms with E-state index in [1.807, 2.05) is 111 Å². The summed E-state index contributed by atoms with van der Waals surface area (Å²) in [5, 5.41) is 0. The molecule has 172 valence electrons. The van der Waals surface area contributed by atoms with Gasteiger partial charge in [0, 0.05) is 18.7 Å². The normalized spacial score (nSPS) is 10.6. The van der Waals surface area contributed by atoms with Crippen LogP contribution in [0.1, 0.15) is 44.4 Å². The van der Waals surface area contributed by atoms with Crippen LogP contribution in [0, 0.1) is 0 Å². The van der Waals surface area contributed by atoms with E-state index in [4.69, 9.17) is 9.47 Å². The Balaban J connectivity index is 1.98. The number of amides is 1. The van der Waals surface area contributed by atoms with E-state index in [1.165, 1.54) is 0 Å². The summed E-state index contributed by atoms with van der Waals surface area (Å²) in [6, 6.07) is 25.9. The van der Waals surface area contributed by atoms with Crippen LogP contribution in [0.25, 0.3) is 5.57 Å². The topological polar surface area (TPSA) is 38.8 Å². The predicted molar refractivity (Wildman–Crippen MR) is 134 cm³/mol. The monoisotopic (exact) mass is 443 g/mol. The van der Waals surface area contributed by atoms with Crippen LogP contribution < -0.4 is 9.47 Å². The molecular weight excluding hydrogens is 410 g/mol. The molecule has 0 saturated carbocycles. The molecule has 3 rings (SSSR count). The van der Waals surface area contributed by atoms with Gasteiger partial charge in [-0.3, -0.25) is 4.79 Å². The fourth-order valence-electron chi connectivity index (χ4n) is 3.63. The van der Waals surface area contributed by atoms with Crippen molar-refractivity contribution in [1.82, 2.24) is 4.90 Å². The van der Waals surface area contributed by atoms with Gasteiger partial charge < -0.3 is 14.4 Å². The van der Waals surface area contributed by atoms with Crippen molar-refractivity contribution in [3.05, 3.63) is 102 Å². The van der Waals surface area contributed by atoms with Crippen molar-refractivity contribution in [2.24, 2.45) is 0 Å². The van der Waals surface area contributed by atoms with E-state index in [1.54, 1.807) is 6.08 Å².